The summed E-state index contributed by atoms with van der Waals surface area (Å²) < 4.78 is 0. The fourth-order valence-electron chi connectivity index (χ4n) is 2.05. The van der Waals surface area contributed by atoms with Crippen LogP contribution in [0.3, 0.4) is 0 Å². The van der Waals surface area contributed by atoms with Crippen molar-refractivity contribution in [2.24, 2.45) is 0 Å². The second kappa shape index (κ2) is 5.36. The molecule has 2 nitrogen and oxygen atoms in total. The van der Waals surface area contributed by atoms with Crippen molar-refractivity contribution >= 4 is 0 Å². The third-order valence-electron chi connectivity index (χ3n) is 2.90. The summed E-state index contributed by atoms with van der Waals surface area (Å²) in [4.78, 5) is 8.91. The molecule has 0 aliphatic heterocycles. The number of aromatic nitrogens is 2. The Balaban J connectivity index is 2.12. The molecule has 0 aliphatic rings. The third-order valence-corrected chi connectivity index (χ3v) is 2.90. The molecule has 0 radical (unpaired) electrons. The maximum Gasteiger partial charge on any atom is 0.139 e. The average Bonchev–Trinajstić information content (AvgIpc) is 2.51. The smallest absolute Gasteiger partial charge is 0.139 e. The minimum Gasteiger partial charge on any atom is -0.239 e. The van der Waals surface area contributed by atoms with Gasteiger partial charge < -0.3 is 0 Å². The molecule has 1 aromatic carbocycles. The highest BCUT2D eigenvalue weighted by Gasteiger charge is 2.24. The van der Waals surface area contributed by atoms with Crippen molar-refractivity contribution in [3.63, 3.8) is 0 Å². The predicted octanol–water partition coefficient (Wildman–Crippen LogP) is 3.50. The van der Waals surface area contributed by atoms with Crippen LogP contribution in [0, 0.1) is 5.92 Å². The van der Waals surface area contributed by atoms with Gasteiger partial charge in [-0.2, -0.15) is 0 Å². The fourth-order valence-corrected chi connectivity index (χ4v) is 2.05. The van der Waals surface area contributed by atoms with Gasteiger partial charge in [-0.05, 0) is 42.5 Å². The van der Waals surface area contributed by atoms with Gasteiger partial charge in [-0.15, -0.1) is 0 Å². The Bertz CT molecular complexity index is 527. The monoisotopic (exact) mass is 245 g/mol. The topological polar surface area (TPSA) is 25.8 Å². The van der Waals surface area contributed by atoms with Crippen molar-refractivity contribution in [1.82, 2.24) is 9.97 Å². The van der Waals surface area contributed by atoms with Crippen molar-refractivity contribution < 1.29 is 0 Å². The molecule has 0 atom stereocenters. The van der Waals surface area contributed by atoms with E-state index in [9.17, 15) is 0 Å². The van der Waals surface area contributed by atoms with E-state index in [0.717, 1.165) is 22.9 Å². The molecule has 0 spiro atoms. The number of nitrogens with zero attached hydrogens (tertiary/aromatic N) is 2. The van der Waals surface area contributed by atoms with Crippen molar-refractivity contribution in [3.05, 3.63) is 102 Å². The van der Waals surface area contributed by atoms with Gasteiger partial charge in [0, 0.05) is 36.7 Å². The molecule has 3 aromatic rings. The van der Waals surface area contributed by atoms with E-state index in [1.807, 2.05) is 54.6 Å². The Hall–Kier alpha value is -2.61. The molecule has 0 aliphatic carbocycles. The Morgan fingerprint density at radius 3 is 1.58 bits per heavy atom. The van der Waals surface area contributed by atoms with Crippen LogP contribution in [0.25, 0.3) is 0 Å². The Kier molecular flexibility index (Phi) is 3.24. The SMILES string of the molecule is c1ccc([C+](c2ccccn2)c2ccccn2)cc1. The van der Waals surface area contributed by atoms with Crippen LogP contribution in [0.1, 0.15) is 17.0 Å². The fraction of sp³-hybridized carbons (Fsp3) is 0. The van der Waals surface area contributed by atoms with Crippen LogP contribution in [0.4, 0.5) is 0 Å². The van der Waals surface area contributed by atoms with E-state index < -0.39 is 0 Å². The molecule has 0 fully saturated rings. The van der Waals surface area contributed by atoms with Gasteiger partial charge in [0.15, 0.2) is 0 Å². The lowest BCUT2D eigenvalue weighted by Crippen LogP contribution is -2.07. The minimum atomic E-state index is 0.937. The normalized spacial score (nSPS) is 10.1. The minimum absolute atomic E-state index is 0.937. The lowest BCUT2D eigenvalue weighted by molar-refractivity contribution is 1.06. The van der Waals surface area contributed by atoms with E-state index in [1.165, 1.54) is 0 Å². The second-order valence-corrected chi connectivity index (χ2v) is 4.17. The lowest BCUT2D eigenvalue weighted by atomic mass is 9.91. The number of benzene rings is 1. The molecule has 0 bridgehead atoms. The molecule has 0 unspecified atom stereocenters. The molecule has 0 amide bonds. The standard InChI is InChI=1S/C17H13N2/c1-2-8-14(9-3-1)17(15-10-4-6-12-18-15)16-11-5-7-13-19-16/h1-13H/q+1. The van der Waals surface area contributed by atoms with E-state index in [2.05, 4.69) is 22.1 Å². The summed E-state index contributed by atoms with van der Waals surface area (Å²) in [7, 11) is 0. The Labute approximate surface area is 112 Å². The molecular formula is C17H13N2+. The molecule has 0 saturated heterocycles. The summed E-state index contributed by atoms with van der Waals surface area (Å²) in [6, 6.07) is 22.1. The summed E-state index contributed by atoms with van der Waals surface area (Å²) in [5.74, 6) is 1.06. The van der Waals surface area contributed by atoms with E-state index in [-0.39, 0.29) is 0 Å². The molecule has 90 valence electrons. The molecule has 2 heteroatoms. The first-order valence-electron chi connectivity index (χ1n) is 6.20. The van der Waals surface area contributed by atoms with Gasteiger partial charge in [0.1, 0.15) is 17.3 Å². The largest absolute Gasteiger partial charge is 0.239 e. The third kappa shape index (κ3) is 2.47. The van der Waals surface area contributed by atoms with Gasteiger partial charge in [0.05, 0.1) is 5.56 Å². The maximum atomic E-state index is 4.45. The second-order valence-electron chi connectivity index (χ2n) is 4.17. The first-order chi connectivity index (χ1) is 9.45. The molecule has 3 rings (SSSR count). The number of hydrogen-bond acceptors (Lipinski definition) is 2. The number of hydrogen-bond donors (Lipinski definition) is 0. The highest BCUT2D eigenvalue weighted by atomic mass is 14.7. The zero-order chi connectivity index (χ0) is 12.9. The molecule has 0 N–H and O–H groups in total. The van der Waals surface area contributed by atoms with E-state index >= 15 is 0 Å². The number of rotatable bonds is 3. The highest BCUT2D eigenvalue weighted by Crippen LogP contribution is 2.27. The summed E-state index contributed by atoms with van der Waals surface area (Å²) in [5, 5.41) is 0. The molecule has 0 saturated carbocycles. The zero-order valence-corrected chi connectivity index (χ0v) is 10.4. The summed E-state index contributed by atoms with van der Waals surface area (Å²) in [6.07, 6.45) is 3.61. The predicted molar refractivity (Wildman–Crippen MR) is 75.5 cm³/mol. The van der Waals surface area contributed by atoms with Crippen LogP contribution in [0.2, 0.25) is 0 Å². The summed E-state index contributed by atoms with van der Waals surface area (Å²) in [5.41, 5.74) is 3.00. The first-order valence-corrected chi connectivity index (χ1v) is 6.20. The molecule has 2 heterocycles. The van der Waals surface area contributed by atoms with Crippen LogP contribution in [0.5, 0.6) is 0 Å². The molecule has 2 aromatic heterocycles. The van der Waals surface area contributed by atoms with Gasteiger partial charge in [-0.1, -0.05) is 0 Å². The van der Waals surface area contributed by atoms with Crippen molar-refractivity contribution in [3.8, 4) is 0 Å². The lowest BCUT2D eigenvalue weighted by Gasteiger charge is -2.09. The van der Waals surface area contributed by atoms with E-state index in [1.54, 1.807) is 12.4 Å². The van der Waals surface area contributed by atoms with Crippen molar-refractivity contribution in [1.29, 1.82) is 0 Å². The van der Waals surface area contributed by atoms with Crippen molar-refractivity contribution in [2.45, 2.75) is 0 Å². The van der Waals surface area contributed by atoms with Crippen LogP contribution in [-0.2, 0) is 0 Å². The zero-order valence-electron chi connectivity index (χ0n) is 10.4. The number of pyridine rings is 2. The van der Waals surface area contributed by atoms with Crippen LogP contribution in [0.15, 0.2) is 79.1 Å². The van der Waals surface area contributed by atoms with Gasteiger partial charge in [0.25, 0.3) is 0 Å². The quantitative estimate of drug-likeness (QED) is 0.660. The van der Waals surface area contributed by atoms with Gasteiger partial charge >= 0.3 is 0 Å². The van der Waals surface area contributed by atoms with Gasteiger partial charge in [-0.3, -0.25) is 0 Å². The van der Waals surface area contributed by atoms with E-state index in [0.29, 0.717) is 0 Å². The highest BCUT2D eigenvalue weighted by molar-refractivity contribution is 5.52. The Morgan fingerprint density at radius 1 is 0.579 bits per heavy atom. The molecule has 19 heavy (non-hydrogen) atoms. The Morgan fingerprint density at radius 2 is 1.11 bits per heavy atom. The van der Waals surface area contributed by atoms with E-state index in [4.69, 9.17) is 0 Å². The van der Waals surface area contributed by atoms with Crippen LogP contribution >= 0.6 is 0 Å². The van der Waals surface area contributed by atoms with Crippen LogP contribution < -0.4 is 0 Å². The molecular weight excluding hydrogens is 232 g/mol. The summed E-state index contributed by atoms with van der Waals surface area (Å²) in [6.45, 7) is 0. The average molecular weight is 245 g/mol. The maximum absolute atomic E-state index is 4.45. The van der Waals surface area contributed by atoms with Gasteiger partial charge in [-0.25, -0.2) is 9.97 Å². The van der Waals surface area contributed by atoms with Crippen LogP contribution in [-0.4, -0.2) is 9.97 Å². The van der Waals surface area contributed by atoms with Gasteiger partial charge in [0.2, 0.25) is 0 Å². The summed E-state index contributed by atoms with van der Waals surface area (Å²) >= 11 is 0. The first kappa shape index (κ1) is 11.5. The van der Waals surface area contributed by atoms with Crippen molar-refractivity contribution in [2.75, 3.05) is 0 Å².